The number of benzene rings is 1. The van der Waals surface area contributed by atoms with Crippen LogP contribution in [0.4, 0.5) is 0 Å². The van der Waals surface area contributed by atoms with Gasteiger partial charge in [-0.1, -0.05) is 55.7 Å². The van der Waals surface area contributed by atoms with Crippen LogP contribution in [0.3, 0.4) is 0 Å². The Morgan fingerprint density at radius 1 is 1.15 bits per heavy atom. The lowest BCUT2D eigenvalue weighted by Gasteiger charge is -2.43. The first-order valence-corrected chi connectivity index (χ1v) is 11.9. The highest BCUT2D eigenvalue weighted by Crippen LogP contribution is 2.30. The van der Waals surface area contributed by atoms with E-state index >= 15 is 0 Å². The van der Waals surface area contributed by atoms with E-state index in [1.54, 1.807) is 12.3 Å². The van der Waals surface area contributed by atoms with Gasteiger partial charge in [-0.05, 0) is 35.6 Å². The van der Waals surface area contributed by atoms with Crippen LogP contribution in [-0.2, 0) is 20.7 Å². The number of carbonyl (C=O) groups is 2. The fourth-order valence-corrected chi connectivity index (χ4v) is 4.91. The highest BCUT2D eigenvalue weighted by Gasteiger charge is 2.45. The molecule has 2 amide bonds. The molecule has 0 radical (unpaired) electrons. The standard InChI is InChI=1S/C27H33N3O3/c1-2-14-29-26(32)27(18-21-10-12-22(13-11-21)24-9-6-15-28-19-24)20-30(16-17-33-27)25(31)23-7-4-3-5-8-23/h2,6,9-13,15,19,23H,1,3-5,7-8,14,16-18,20H2,(H,29,32)/t27-/m1/s1. The Labute approximate surface area is 196 Å². The van der Waals surface area contributed by atoms with Crippen LogP contribution >= 0.6 is 0 Å². The van der Waals surface area contributed by atoms with E-state index in [2.05, 4.69) is 16.9 Å². The largest absolute Gasteiger partial charge is 0.361 e. The summed E-state index contributed by atoms with van der Waals surface area (Å²) in [4.78, 5) is 32.6. The monoisotopic (exact) mass is 447 g/mol. The van der Waals surface area contributed by atoms with Gasteiger partial charge in [-0.25, -0.2) is 0 Å². The molecule has 2 fully saturated rings. The molecule has 0 unspecified atom stereocenters. The van der Waals surface area contributed by atoms with Gasteiger partial charge in [0.05, 0.1) is 13.2 Å². The summed E-state index contributed by atoms with van der Waals surface area (Å²) in [5.74, 6) is 0.0512. The molecule has 0 spiro atoms. The molecule has 0 bridgehead atoms. The van der Waals surface area contributed by atoms with E-state index in [9.17, 15) is 9.59 Å². The molecular weight excluding hydrogens is 414 g/mol. The van der Waals surface area contributed by atoms with Crippen molar-refractivity contribution in [2.75, 3.05) is 26.2 Å². The number of ether oxygens (including phenoxy) is 1. The van der Waals surface area contributed by atoms with Gasteiger partial charge < -0.3 is 15.0 Å². The van der Waals surface area contributed by atoms with Gasteiger partial charge >= 0.3 is 0 Å². The Balaban J connectivity index is 1.54. The molecule has 6 heteroatoms. The first-order chi connectivity index (χ1) is 16.1. The number of hydrogen-bond donors (Lipinski definition) is 1. The third-order valence-corrected chi connectivity index (χ3v) is 6.71. The molecule has 33 heavy (non-hydrogen) atoms. The van der Waals surface area contributed by atoms with E-state index in [1.165, 1.54) is 6.42 Å². The summed E-state index contributed by atoms with van der Waals surface area (Å²) < 4.78 is 6.16. The van der Waals surface area contributed by atoms with Crippen molar-refractivity contribution >= 4 is 11.8 Å². The molecule has 1 saturated heterocycles. The van der Waals surface area contributed by atoms with Crippen LogP contribution in [0.1, 0.15) is 37.7 Å². The SMILES string of the molecule is C=CCNC(=O)[C@@]1(Cc2ccc(-c3cccnc3)cc2)CN(C(=O)C2CCCCC2)CCO1. The van der Waals surface area contributed by atoms with Crippen LogP contribution in [-0.4, -0.2) is 53.5 Å². The minimum Gasteiger partial charge on any atom is -0.361 e. The Kier molecular flexibility index (Phi) is 7.55. The number of rotatable bonds is 7. The van der Waals surface area contributed by atoms with E-state index in [0.29, 0.717) is 26.1 Å². The van der Waals surface area contributed by atoms with Crippen LogP contribution in [0.15, 0.2) is 61.4 Å². The van der Waals surface area contributed by atoms with Crippen LogP contribution in [0.5, 0.6) is 0 Å². The Hall–Kier alpha value is -2.99. The molecule has 1 atom stereocenters. The van der Waals surface area contributed by atoms with Gasteiger partial charge in [-0.15, -0.1) is 6.58 Å². The molecule has 1 aliphatic heterocycles. The average molecular weight is 448 g/mol. The lowest BCUT2D eigenvalue weighted by atomic mass is 9.86. The molecule has 4 rings (SSSR count). The van der Waals surface area contributed by atoms with Crippen molar-refractivity contribution in [3.63, 3.8) is 0 Å². The number of pyridine rings is 1. The summed E-state index contributed by atoms with van der Waals surface area (Å²) >= 11 is 0. The minimum absolute atomic E-state index is 0.0737. The molecular formula is C27H33N3O3. The van der Waals surface area contributed by atoms with E-state index in [0.717, 1.165) is 42.4 Å². The fraction of sp³-hybridized carbons (Fsp3) is 0.444. The molecule has 2 heterocycles. The zero-order chi connectivity index (χ0) is 23.1. The van der Waals surface area contributed by atoms with Crippen molar-refractivity contribution in [2.24, 2.45) is 5.92 Å². The second-order valence-electron chi connectivity index (χ2n) is 9.05. The summed E-state index contributed by atoms with van der Waals surface area (Å²) in [6, 6.07) is 12.1. The van der Waals surface area contributed by atoms with Gasteiger partial charge in [0.1, 0.15) is 0 Å². The van der Waals surface area contributed by atoms with Crippen LogP contribution in [0.25, 0.3) is 11.1 Å². The molecule has 174 valence electrons. The number of amides is 2. The number of carbonyl (C=O) groups excluding carboxylic acids is 2. The van der Waals surface area contributed by atoms with Gasteiger partial charge in [0, 0.05) is 37.8 Å². The summed E-state index contributed by atoms with van der Waals surface area (Å²) in [7, 11) is 0. The molecule has 6 nitrogen and oxygen atoms in total. The summed E-state index contributed by atoms with van der Waals surface area (Å²) in [5, 5.41) is 2.91. The zero-order valence-electron chi connectivity index (χ0n) is 19.2. The van der Waals surface area contributed by atoms with Crippen molar-refractivity contribution < 1.29 is 14.3 Å². The number of aromatic nitrogens is 1. The van der Waals surface area contributed by atoms with Crippen molar-refractivity contribution in [2.45, 2.75) is 44.1 Å². The molecule has 1 aromatic heterocycles. The van der Waals surface area contributed by atoms with Crippen molar-refractivity contribution in [1.82, 2.24) is 15.2 Å². The van der Waals surface area contributed by atoms with E-state index in [1.807, 2.05) is 47.5 Å². The molecule has 1 N–H and O–H groups in total. The molecule has 1 aliphatic carbocycles. The summed E-state index contributed by atoms with van der Waals surface area (Å²) in [5.41, 5.74) is 1.99. The second kappa shape index (κ2) is 10.8. The lowest BCUT2D eigenvalue weighted by Crippen LogP contribution is -2.62. The average Bonchev–Trinajstić information content (AvgIpc) is 2.88. The first-order valence-electron chi connectivity index (χ1n) is 11.9. The maximum Gasteiger partial charge on any atom is 0.254 e. The van der Waals surface area contributed by atoms with Crippen molar-refractivity contribution in [3.05, 3.63) is 67.0 Å². The summed E-state index contributed by atoms with van der Waals surface area (Å²) in [6.45, 7) is 5.23. The highest BCUT2D eigenvalue weighted by molar-refractivity contribution is 5.88. The predicted octanol–water partition coefficient (Wildman–Crippen LogP) is 3.77. The number of hydrogen-bond acceptors (Lipinski definition) is 4. The number of morpholine rings is 1. The number of nitrogens with one attached hydrogen (secondary N) is 1. The highest BCUT2D eigenvalue weighted by atomic mass is 16.5. The molecule has 2 aromatic rings. The topological polar surface area (TPSA) is 71.5 Å². The third kappa shape index (κ3) is 5.50. The normalized spacial score (nSPS) is 21.4. The minimum atomic E-state index is -1.11. The fourth-order valence-electron chi connectivity index (χ4n) is 4.91. The molecule has 1 aromatic carbocycles. The smallest absolute Gasteiger partial charge is 0.254 e. The van der Waals surface area contributed by atoms with E-state index in [-0.39, 0.29) is 24.3 Å². The maximum atomic E-state index is 13.3. The second-order valence-corrected chi connectivity index (χ2v) is 9.05. The van der Waals surface area contributed by atoms with Gasteiger partial charge in [-0.3, -0.25) is 14.6 Å². The van der Waals surface area contributed by atoms with Crippen LogP contribution < -0.4 is 5.32 Å². The van der Waals surface area contributed by atoms with E-state index in [4.69, 9.17) is 4.74 Å². The van der Waals surface area contributed by atoms with Crippen molar-refractivity contribution in [1.29, 1.82) is 0 Å². The van der Waals surface area contributed by atoms with Crippen molar-refractivity contribution in [3.8, 4) is 11.1 Å². The zero-order valence-corrected chi connectivity index (χ0v) is 19.2. The first kappa shape index (κ1) is 23.2. The summed E-state index contributed by atoms with van der Waals surface area (Å²) in [6.07, 6.45) is 10.9. The predicted molar refractivity (Wildman–Crippen MR) is 128 cm³/mol. The van der Waals surface area contributed by atoms with Gasteiger partial charge in [-0.2, -0.15) is 0 Å². The maximum absolute atomic E-state index is 13.3. The third-order valence-electron chi connectivity index (χ3n) is 6.71. The quantitative estimate of drug-likeness (QED) is 0.656. The van der Waals surface area contributed by atoms with Crippen LogP contribution in [0, 0.1) is 5.92 Å². The molecule has 1 saturated carbocycles. The van der Waals surface area contributed by atoms with Crippen LogP contribution in [0.2, 0.25) is 0 Å². The number of nitrogens with zero attached hydrogens (tertiary/aromatic N) is 2. The Bertz CT molecular complexity index is 954. The van der Waals surface area contributed by atoms with Gasteiger partial charge in [0.15, 0.2) is 5.60 Å². The molecule has 2 aliphatic rings. The van der Waals surface area contributed by atoms with E-state index < -0.39 is 5.60 Å². The Morgan fingerprint density at radius 3 is 2.64 bits per heavy atom. The van der Waals surface area contributed by atoms with Gasteiger partial charge in [0.25, 0.3) is 5.91 Å². The lowest BCUT2D eigenvalue weighted by molar-refractivity contribution is -0.168. The van der Waals surface area contributed by atoms with Gasteiger partial charge in [0.2, 0.25) is 5.91 Å². The Morgan fingerprint density at radius 2 is 1.94 bits per heavy atom.